The molecule has 0 aliphatic carbocycles. The van der Waals surface area contributed by atoms with Gasteiger partial charge in [0.05, 0.1) is 16.8 Å². The lowest BCUT2D eigenvalue weighted by molar-refractivity contribution is 0.00578. The maximum Gasteiger partial charge on any atom is 0.514 e. The largest absolute Gasteiger partial charge is 0.514 e. The summed E-state index contributed by atoms with van der Waals surface area (Å²) in [6.07, 6.45) is 1.80. The molecule has 23 heavy (non-hydrogen) atoms. The lowest BCUT2D eigenvalue weighted by Crippen LogP contribution is -2.41. The highest BCUT2D eigenvalue weighted by Gasteiger charge is 2.52. The van der Waals surface area contributed by atoms with Gasteiger partial charge in [0.1, 0.15) is 0 Å². The highest BCUT2D eigenvalue weighted by Crippen LogP contribution is 2.36. The molecule has 0 amide bonds. The Balaban J connectivity index is 1.80. The molecule has 0 bridgehead atoms. The summed E-state index contributed by atoms with van der Waals surface area (Å²) in [6.45, 7) is 8.13. The first kappa shape index (κ1) is 15.9. The summed E-state index contributed by atoms with van der Waals surface area (Å²) in [7, 11) is -0.466. The fourth-order valence-corrected chi connectivity index (χ4v) is 2.29. The van der Waals surface area contributed by atoms with E-state index in [0.717, 1.165) is 11.2 Å². The van der Waals surface area contributed by atoms with E-state index in [-0.39, 0.29) is 11.2 Å². The van der Waals surface area contributed by atoms with Crippen LogP contribution in [0.15, 0.2) is 53.5 Å². The van der Waals surface area contributed by atoms with Crippen LogP contribution in [-0.2, 0) is 9.31 Å². The average molecular weight is 308 g/mol. The van der Waals surface area contributed by atoms with Crippen molar-refractivity contribution in [2.75, 3.05) is 0 Å². The number of nitrogens with zero attached hydrogens (tertiary/aromatic N) is 2. The number of pyridine rings is 1. The summed E-state index contributed by atoms with van der Waals surface area (Å²) < 4.78 is 12.1. The molecule has 0 radical (unpaired) electrons. The Kier molecular flexibility index (Phi) is 4.09. The number of hydrogen-bond acceptors (Lipinski definition) is 4. The van der Waals surface area contributed by atoms with Crippen LogP contribution in [0, 0.1) is 0 Å². The molecular weight excluding hydrogens is 287 g/mol. The molecule has 1 saturated heterocycles. The normalized spacial score (nSPS) is 19.4. The summed E-state index contributed by atoms with van der Waals surface area (Å²) in [5.41, 5.74) is 1.03. The Morgan fingerprint density at radius 2 is 1.57 bits per heavy atom. The van der Waals surface area contributed by atoms with Crippen LogP contribution < -0.4 is 5.59 Å². The van der Waals surface area contributed by atoms with E-state index in [4.69, 9.17) is 9.31 Å². The van der Waals surface area contributed by atoms with Gasteiger partial charge in [-0.1, -0.05) is 36.4 Å². The molecule has 1 fully saturated rings. The number of hydrogen-bond donors (Lipinski definition) is 0. The molecule has 5 heteroatoms. The number of aromatic nitrogens is 1. The lowest BCUT2D eigenvalue weighted by atomic mass is 9.84. The molecule has 118 valence electrons. The van der Waals surface area contributed by atoms with Gasteiger partial charge in [0.15, 0.2) is 5.82 Å². The van der Waals surface area contributed by atoms with Crippen molar-refractivity contribution in [2.24, 2.45) is 4.99 Å². The van der Waals surface area contributed by atoms with Crippen molar-refractivity contribution in [2.45, 2.75) is 38.9 Å². The van der Waals surface area contributed by atoms with Gasteiger partial charge in [-0.05, 0) is 45.4 Å². The van der Waals surface area contributed by atoms with Gasteiger partial charge >= 0.3 is 7.12 Å². The predicted octanol–water partition coefficient (Wildman–Crippen LogP) is 3.13. The molecular formula is C18H21BN2O2. The predicted molar refractivity (Wildman–Crippen MR) is 93.6 cm³/mol. The zero-order valence-corrected chi connectivity index (χ0v) is 14.0. The van der Waals surface area contributed by atoms with E-state index in [1.54, 1.807) is 6.21 Å². The molecule has 4 nitrogen and oxygen atoms in total. The molecule has 0 atom stereocenters. The number of aliphatic imine (C=N–C) groups is 1. The SMILES string of the molecule is CC1(C)OB(c2cccc(/N=C\c3ccccc3)n2)OC1(C)C. The first-order valence-corrected chi connectivity index (χ1v) is 7.79. The molecule has 3 rings (SSSR count). The van der Waals surface area contributed by atoms with Crippen LogP contribution in [0.1, 0.15) is 33.3 Å². The fourth-order valence-electron chi connectivity index (χ4n) is 2.29. The van der Waals surface area contributed by atoms with Gasteiger partial charge in [-0.3, -0.25) is 0 Å². The molecule has 0 spiro atoms. The molecule has 1 aromatic carbocycles. The third kappa shape index (κ3) is 3.36. The van der Waals surface area contributed by atoms with E-state index in [2.05, 4.69) is 9.98 Å². The third-order valence-corrected chi connectivity index (χ3v) is 4.40. The lowest BCUT2D eigenvalue weighted by Gasteiger charge is -2.32. The molecule has 1 aromatic heterocycles. The minimum Gasteiger partial charge on any atom is -0.398 e. The first-order chi connectivity index (χ1) is 10.9. The highest BCUT2D eigenvalue weighted by atomic mass is 16.7. The molecule has 2 aromatic rings. The topological polar surface area (TPSA) is 43.7 Å². The minimum absolute atomic E-state index is 0.372. The Hall–Kier alpha value is -1.98. The monoisotopic (exact) mass is 308 g/mol. The van der Waals surface area contributed by atoms with Crippen molar-refractivity contribution < 1.29 is 9.31 Å². The smallest absolute Gasteiger partial charge is 0.398 e. The van der Waals surface area contributed by atoms with E-state index < -0.39 is 7.12 Å². The zero-order chi connectivity index (χ0) is 16.5. The summed E-state index contributed by atoms with van der Waals surface area (Å²) in [4.78, 5) is 8.99. The third-order valence-electron chi connectivity index (χ3n) is 4.40. The summed E-state index contributed by atoms with van der Waals surface area (Å²) >= 11 is 0. The fraction of sp³-hybridized carbons (Fsp3) is 0.333. The maximum atomic E-state index is 6.03. The van der Waals surface area contributed by atoms with Gasteiger partial charge in [-0.25, -0.2) is 9.98 Å². The molecule has 2 heterocycles. The molecule has 0 N–H and O–H groups in total. The van der Waals surface area contributed by atoms with E-state index in [0.29, 0.717) is 5.82 Å². The second-order valence-electron chi connectivity index (χ2n) is 6.68. The zero-order valence-electron chi connectivity index (χ0n) is 14.0. The van der Waals surface area contributed by atoms with Gasteiger partial charge in [-0.15, -0.1) is 0 Å². The highest BCUT2D eigenvalue weighted by molar-refractivity contribution is 6.61. The van der Waals surface area contributed by atoms with Gasteiger partial charge in [0, 0.05) is 6.21 Å². The Morgan fingerprint density at radius 1 is 0.913 bits per heavy atom. The van der Waals surface area contributed by atoms with Crippen LogP contribution in [0.25, 0.3) is 0 Å². The van der Waals surface area contributed by atoms with Crippen LogP contribution in [0.3, 0.4) is 0 Å². The summed E-state index contributed by atoms with van der Waals surface area (Å²) in [5, 5.41) is 0. The Bertz CT molecular complexity index is 698. The van der Waals surface area contributed by atoms with Crippen molar-refractivity contribution in [3.05, 3.63) is 54.1 Å². The second kappa shape index (κ2) is 5.91. The quantitative estimate of drug-likeness (QED) is 0.646. The van der Waals surface area contributed by atoms with Crippen LogP contribution in [-0.4, -0.2) is 29.5 Å². The van der Waals surface area contributed by atoms with Crippen molar-refractivity contribution in [1.29, 1.82) is 0 Å². The number of benzene rings is 1. The van der Waals surface area contributed by atoms with Crippen LogP contribution in [0.4, 0.5) is 5.82 Å². The van der Waals surface area contributed by atoms with E-state index in [9.17, 15) is 0 Å². The van der Waals surface area contributed by atoms with Crippen molar-refractivity contribution >= 4 is 24.7 Å². The average Bonchev–Trinajstić information content (AvgIpc) is 2.75. The van der Waals surface area contributed by atoms with Crippen molar-refractivity contribution in [3.8, 4) is 0 Å². The van der Waals surface area contributed by atoms with Crippen LogP contribution in [0.5, 0.6) is 0 Å². The van der Waals surface area contributed by atoms with E-state index >= 15 is 0 Å². The van der Waals surface area contributed by atoms with E-state index in [1.165, 1.54) is 0 Å². The standard InChI is InChI=1S/C18H21BN2O2/c1-17(2)18(3,4)23-19(22-17)15-11-8-12-16(21-15)20-13-14-9-6-5-7-10-14/h5-13H,1-4H3/b20-13-. The van der Waals surface area contributed by atoms with Gasteiger partial charge in [-0.2, -0.15) is 0 Å². The van der Waals surface area contributed by atoms with Gasteiger partial charge < -0.3 is 9.31 Å². The minimum atomic E-state index is -0.466. The second-order valence-corrected chi connectivity index (χ2v) is 6.68. The van der Waals surface area contributed by atoms with Crippen LogP contribution in [0.2, 0.25) is 0 Å². The Morgan fingerprint density at radius 3 is 2.22 bits per heavy atom. The van der Waals surface area contributed by atoms with Gasteiger partial charge in [0.25, 0.3) is 0 Å². The van der Waals surface area contributed by atoms with Gasteiger partial charge in [0.2, 0.25) is 0 Å². The molecule has 0 saturated carbocycles. The first-order valence-electron chi connectivity index (χ1n) is 7.79. The van der Waals surface area contributed by atoms with Crippen molar-refractivity contribution in [1.82, 2.24) is 4.98 Å². The summed E-state index contributed by atoms with van der Waals surface area (Å²) in [5.74, 6) is 0.640. The maximum absolute atomic E-state index is 6.03. The molecule has 1 aliphatic heterocycles. The molecule has 0 unspecified atom stereocenters. The van der Waals surface area contributed by atoms with E-state index in [1.807, 2.05) is 76.2 Å². The van der Waals surface area contributed by atoms with Crippen LogP contribution >= 0.6 is 0 Å². The van der Waals surface area contributed by atoms with Crippen molar-refractivity contribution in [3.63, 3.8) is 0 Å². The summed E-state index contributed by atoms with van der Waals surface area (Å²) in [6, 6.07) is 15.6. The number of rotatable bonds is 3. The molecule has 1 aliphatic rings. The Labute approximate surface area is 137 Å².